The van der Waals surface area contributed by atoms with Crippen LogP contribution in [0, 0.1) is 6.92 Å². The van der Waals surface area contributed by atoms with Gasteiger partial charge in [0, 0.05) is 22.5 Å². The van der Waals surface area contributed by atoms with Crippen molar-refractivity contribution in [2.24, 2.45) is 0 Å². The number of aryl methyl sites for hydroxylation is 1. The summed E-state index contributed by atoms with van der Waals surface area (Å²) in [6, 6.07) is 9.69. The van der Waals surface area contributed by atoms with E-state index in [1.807, 2.05) is 37.3 Å². The number of amides is 2. The average molecular weight is 361 g/mol. The highest BCUT2D eigenvalue weighted by Gasteiger charge is 2.17. The van der Waals surface area contributed by atoms with E-state index in [4.69, 9.17) is 0 Å². The van der Waals surface area contributed by atoms with E-state index in [9.17, 15) is 9.59 Å². The molecule has 5 nitrogen and oxygen atoms in total. The number of thiazole rings is 1. The highest BCUT2D eigenvalue weighted by molar-refractivity contribution is 8.00. The van der Waals surface area contributed by atoms with Crippen molar-refractivity contribution in [1.29, 1.82) is 0 Å². The van der Waals surface area contributed by atoms with Crippen LogP contribution >= 0.6 is 23.1 Å². The van der Waals surface area contributed by atoms with Gasteiger partial charge in [-0.1, -0.05) is 24.3 Å². The molecular formula is C17H19N3O2S2. The summed E-state index contributed by atoms with van der Waals surface area (Å²) in [5, 5.41) is 3.26. The zero-order valence-electron chi connectivity index (χ0n) is 13.4. The molecule has 1 aromatic heterocycles. The Morgan fingerprint density at radius 3 is 2.75 bits per heavy atom. The minimum atomic E-state index is -0.260. The maximum Gasteiger partial charge on any atom is 0.245 e. The van der Waals surface area contributed by atoms with E-state index in [-0.39, 0.29) is 24.1 Å². The van der Waals surface area contributed by atoms with Gasteiger partial charge in [0.25, 0.3) is 0 Å². The summed E-state index contributed by atoms with van der Waals surface area (Å²) in [5.41, 5.74) is 0. The number of nitrogens with one attached hydrogen (secondary N) is 1. The van der Waals surface area contributed by atoms with Crippen LogP contribution in [-0.2, 0) is 9.59 Å². The minimum absolute atomic E-state index is 0.0150. The average Bonchev–Trinajstić information content (AvgIpc) is 2.98. The molecule has 0 aliphatic heterocycles. The van der Waals surface area contributed by atoms with Crippen molar-refractivity contribution in [3.8, 4) is 0 Å². The van der Waals surface area contributed by atoms with Gasteiger partial charge in [0.1, 0.15) is 6.54 Å². The molecule has 7 heteroatoms. The summed E-state index contributed by atoms with van der Waals surface area (Å²) in [5.74, 6) is -0.0833. The van der Waals surface area contributed by atoms with Crippen molar-refractivity contribution in [2.75, 3.05) is 24.2 Å². The molecule has 1 N–H and O–H groups in total. The molecule has 2 aromatic rings. The molecule has 0 radical (unpaired) electrons. The van der Waals surface area contributed by atoms with Crippen molar-refractivity contribution in [2.45, 2.75) is 11.8 Å². The first-order valence-electron chi connectivity index (χ1n) is 7.37. The van der Waals surface area contributed by atoms with Crippen molar-refractivity contribution in [3.63, 3.8) is 0 Å². The van der Waals surface area contributed by atoms with Gasteiger partial charge in [0.2, 0.25) is 11.8 Å². The molecule has 0 aliphatic carbocycles. The van der Waals surface area contributed by atoms with Crippen LogP contribution in [0.15, 0.2) is 54.1 Å². The van der Waals surface area contributed by atoms with Crippen LogP contribution in [0.1, 0.15) is 4.88 Å². The molecule has 2 rings (SSSR count). The highest BCUT2D eigenvalue weighted by atomic mass is 32.2. The van der Waals surface area contributed by atoms with Crippen molar-refractivity contribution in [3.05, 3.63) is 54.1 Å². The number of carbonyl (C=O) groups is 2. The normalized spacial score (nSPS) is 10.2. The Morgan fingerprint density at radius 1 is 1.38 bits per heavy atom. The minimum Gasteiger partial charge on any atom is -0.329 e. The largest absolute Gasteiger partial charge is 0.329 e. The van der Waals surface area contributed by atoms with Crippen LogP contribution in [0.4, 0.5) is 5.13 Å². The van der Waals surface area contributed by atoms with E-state index >= 15 is 0 Å². The molecule has 0 spiro atoms. The SMILES string of the molecule is C=CCN(CC(=O)Nc1ncc(C)s1)C(=O)CSc1ccccc1. The van der Waals surface area contributed by atoms with Crippen molar-refractivity contribution in [1.82, 2.24) is 9.88 Å². The van der Waals surface area contributed by atoms with Crippen LogP contribution in [-0.4, -0.2) is 40.5 Å². The zero-order chi connectivity index (χ0) is 17.4. The molecule has 0 unspecified atom stereocenters. The number of anilines is 1. The smallest absolute Gasteiger partial charge is 0.245 e. The van der Waals surface area contributed by atoms with Gasteiger partial charge < -0.3 is 10.2 Å². The summed E-state index contributed by atoms with van der Waals surface area (Å²) in [7, 11) is 0. The summed E-state index contributed by atoms with van der Waals surface area (Å²) in [6.45, 7) is 5.89. The van der Waals surface area contributed by atoms with Gasteiger partial charge in [-0.15, -0.1) is 29.7 Å². The van der Waals surface area contributed by atoms with Crippen LogP contribution in [0.2, 0.25) is 0 Å². The number of thioether (sulfide) groups is 1. The Labute approximate surface area is 149 Å². The third-order valence-electron chi connectivity index (χ3n) is 3.01. The summed E-state index contributed by atoms with van der Waals surface area (Å²) in [6.07, 6.45) is 3.31. The van der Waals surface area contributed by atoms with Gasteiger partial charge in [0.05, 0.1) is 5.75 Å². The Bertz CT molecular complexity index is 701. The molecule has 126 valence electrons. The third kappa shape index (κ3) is 5.82. The fraction of sp³-hybridized carbons (Fsp3) is 0.235. The van der Waals surface area contributed by atoms with Crippen molar-refractivity contribution < 1.29 is 9.59 Å². The number of hydrogen-bond donors (Lipinski definition) is 1. The molecule has 0 saturated carbocycles. The lowest BCUT2D eigenvalue weighted by Gasteiger charge is -2.20. The first-order chi connectivity index (χ1) is 11.6. The molecule has 0 fully saturated rings. The van der Waals surface area contributed by atoms with Crippen LogP contribution < -0.4 is 5.32 Å². The lowest BCUT2D eigenvalue weighted by atomic mass is 10.4. The molecule has 0 atom stereocenters. The van der Waals surface area contributed by atoms with Crippen LogP contribution in [0.3, 0.4) is 0 Å². The Balaban J connectivity index is 1.88. The Hall–Kier alpha value is -2.12. The highest BCUT2D eigenvalue weighted by Crippen LogP contribution is 2.18. The van der Waals surface area contributed by atoms with E-state index in [1.165, 1.54) is 28.0 Å². The topological polar surface area (TPSA) is 62.3 Å². The first kappa shape index (κ1) is 18.2. The second kappa shape index (κ2) is 9.24. The van der Waals surface area contributed by atoms with E-state index in [1.54, 1.807) is 12.3 Å². The second-order valence-electron chi connectivity index (χ2n) is 4.99. The molecule has 0 bridgehead atoms. The van der Waals surface area contributed by atoms with Gasteiger partial charge >= 0.3 is 0 Å². The molecule has 2 amide bonds. The maximum absolute atomic E-state index is 12.4. The zero-order valence-corrected chi connectivity index (χ0v) is 15.0. The lowest BCUT2D eigenvalue weighted by Crippen LogP contribution is -2.39. The Morgan fingerprint density at radius 2 is 2.12 bits per heavy atom. The fourth-order valence-corrected chi connectivity index (χ4v) is 3.41. The number of benzene rings is 1. The van der Waals surface area contributed by atoms with Gasteiger partial charge in [-0.2, -0.15) is 0 Å². The predicted octanol–water partition coefficient (Wildman–Crippen LogP) is 3.20. The van der Waals surface area contributed by atoms with Gasteiger partial charge in [-0.3, -0.25) is 9.59 Å². The van der Waals surface area contributed by atoms with E-state index in [2.05, 4.69) is 16.9 Å². The van der Waals surface area contributed by atoms with Crippen molar-refractivity contribution >= 4 is 40.0 Å². The maximum atomic E-state index is 12.4. The molecule has 1 heterocycles. The lowest BCUT2D eigenvalue weighted by molar-refractivity contribution is -0.131. The monoisotopic (exact) mass is 361 g/mol. The first-order valence-corrected chi connectivity index (χ1v) is 9.17. The number of carbonyl (C=O) groups excluding carboxylic acids is 2. The number of hydrogen-bond acceptors (Lipinski definition) is 5. The van der Waals surface area contributed by atoms with Crippen LogP contribution in [0.5, 0.6) is 0 Å². The molecule has 1 aromatic carbocycles. The molecular weight excluding hydrogens is 342 g/mol. The van der Waals surface area contributed by atoms with Gasteiger partial charge in [0.15, 0.2) is 5.13 Å². The standard InChI is InChI=1S/C17H19N3O2S2/c1-3-9-20(11-15(21)19-17-18-10-13(2)24-17)16(22)12-23-14-7-5-4-6-8-14/h3-8,10H,1,9,11-12H2,2H3,(H,18,19,21). The molecule has 0 aliphatic rings. The second-order valence-corrected chi connectivity index (χ2v) is 7.27. The Kier molecular flexibility index (Phi) is 7.02. The van der Waals surface area contributed by atoms with E-state index < -0.39 is 0 Å². The number of rotatable bonds is 8. The predicted molar refractivity (Wildman–Crippen MR) is 99.4 cm³/mol. The van der Waals surface area contributed by atoms with E-state index in [0.717, 1.165) is 9.77 Å². The fourth-order valence-electron chi connectivity index (χ4n) is 1.91. The third-order valence-corrected chi connectivity index (χ3v) is 4.83. The van der Waals surface area contributed by atoms with Crippen LogP contribution in [0.25, 0.3) is 0 Å². The number of aromatic nitrogens is 1. The quantitative estimate of drug-likeness (QED) is 0.579. The van der Waals surface area contributed by atoms with Gasteiger partial charge in [-0.25, -0.2) is 4.98 Å². The van der Waals surface area contributed by atoms with E-state index in [0.29, 0.717) is 11.7 Å². The summed E-state index contributed by atoms with van der Waals surface area (Å²) < 4.78 is 0. The number of nitrogens with zero attached hydrogens (tertiary/aromatic N) is 2. The molecule has 24 heavy (non-hydrogen) atoms. The summed E-state index contributed by atoms with van der Waals surface area (Å²) >= 11 is 2.85. The summed E-state index contributed by atoms with van der Waals surface area (Å²) in [4.78, 5) is 32.1. The molecule has 0 saturated heterocycles. The van der Waals surface area contributed by atoms with Gasteiger partial charge in [-0.05, 0) is 19.1 Å².